The van der Waals surface area contributed by atoms with Crippen LogP contribution in [0.15, 0.2) is 46.0 Å². The number of sulfonamides is 1. The Morgan fingerprint density at radius 2 is 2.00 bits per heavy atom. The highest BCUT2D eigenvalue weighted by Gasteiger charge is 2.12. The number of nitrogens with two attached hydrogens (primary N) is 1. The molecular formula is C9H8BrN3O2S. The van der Waals surface area contributed by atoms with E-state index < -0.39 is 10.0 Å². The molecule has 0 saturated heterocycles. The van der Waals surface area contributed by atoms with Crippen LogP contribution in [0.25, 0.3) is 5.69 Å². The monoisotopic (exact) mass is 301 g/mol. The molecule has 0 aliphatic carbocycles. The van der Waals surface area contributed by atoms with Crippen molar-refractivity contribution in [1.82, 2.24) is 9.78 Å². The molecule has 0 unspecified atom stereocenters. The van der Waals surface area contributed by atoms with E-state index in [1.54, 1.807) is 0 Å². The van der Waals surface area contributed by atoms with Crippen LogP contribution in [-0.4, -0.2) is 18.2 Å². The van der Waals surface area contributed by atoms with Gasteiger partial charge in [-0.1, -0.05) is 12.1 Å². The highest BCUT2D eigenvalue weighted by atomic mass is 79.9. The van der Waals surface area contributed by atoms with Gasteiger partial charge >= 0.3 is 0 Å². The SMILES string of the molecule is NS(=O)(=O)c1cnn(-c2ccccc2Br)c1. The molecule has 7 heteroatoms. The zero-order chi connectivity index (χ0) is 11.8. The smallest absolute Gasteiger partial charge is 0.238 e. The maximum absolute atomic E-state index is 11.1. The molecule has 0 spiro atoms. The van der Waals surface area contributed by atoms with E-state index in [0.717, 1.165) is 10.2 Å². The first-order chi connectivity index (χ1) is 7.48. The summed E-state index contributed by atoms with van der Waals surface area (Å²) < 4.78 is 24.4. The fraction of sp³-hybridized carbons (Fsp3) is 0. The van der Waals surface area contributed by atoms with Crippen LogP contribution < -0.4 is 5.14 Å². The Morgan fingerprint density at radius 1 is 1.31 bits per heavy atom. The molecule has 5 nitrogen and oxygen atoms in total. The van der Waals surface area contributed by atoms with Gasteiger partial charge in [0, 0.05) is 4.47 Å². The Morgan fingerprint density at radius 3 is 2.56 bits per heavy atom. The predicted molar refractivity (Wildman–Crippen MR) is 62.6 cm³/mol. The van der Waals surface area contributed by atoms with E-state index in [9.17, 15) is 8.42 Å². The maximum atomic E-state index is 11.1. The minimum atomic E-state index is -3.70. The number of aromatic nitrogens is 2. The molecule has 1 aromatic heterocycles. The maximum Gasteiger partial charge on any atom is 0.241 e. The van der Waals surface area contributed by atoms with Crippen LogP contribution in [0.1, 0.15) is 0 Å². The lowest BCUT2D eigenvalue weighted by molar-refractivity contribution is 0.598. The summed E-state index contributed by atoms with van der Waals surface area (Å²) in [6.45, 7) is 0. The van der Waals surface area contributed by atoms with Gasteiger partial charge in [0.2, 0.25) is 10.0 Å². The zero-order valence-corrected chi connectivity index (χ0v) is 10.4. The van der Waals surface area contributed by atoms with Crippen LogP contribution in [-0.2, 0) is 10.0 Å². The van der Waals surface area contributed by atoms with E-state index in [1.807, 2.05) is 24.3 Å². The summed E-state index contributed by atoms with van der Waals surface area (Å²) >= 11 is 3.35. The Labute approximate surface area is 101 Å². The summed E-state index contributed by atoms with van der Waals surface area (Å²) in [4.78, 5) is -0.0109. The lowest BCUT2D eigenvalue weighted by atomic mass is 10.3. The molecule has 0 fully saturated rings. The van der Waals surface area contributed by atoms with E-state index >= 15 is 0 Å². The van der Waals surface area contributed by atoms with Gasteiger partial charge in [-0.2, -0.15) is 5.10 Å². The third-order valence-electron chi connectivity index (χ3n) is 1.99. The molecule has 0 saturated carbocycles. The van der Waals surface area contributed by atoms with E-state index in [4.69, 9.17) is 5.14 Å². The normalized spacial score (nSPS) is 11.6. The van der Waals surface area contributed by atoms with Crippen molar-refractivity contribution < 1.29 is 8.42 Å². The topological polar surface area (TPSA) is 78.0 Å². The van der Waals surface area contributed by atoms with Gasteiger partial charge in [-0.15, -0.1) is 0 Å². The molecule has 0 atom stereocenters. The molecule has 1 heterocycles. The average Bonchev–Trinajstić information content (AvgIpc) is 2.66. The van der Waals surface area contributed by atoms with Gasteiger partial charge in [-0.25, -0.2) is 18.2 Å². The number of hydrogen-bond donors (Lipinski definition) is 1. The van der Waals surface area contributed by atoms with Gasteiger partial charge < -0.3 is 0 Å². The summed E-state index contributed by atoms with van der Waals surface area (Å²) in [5, 5.41) is 8.93. The Bertz CT molecular complexity index is 621. The quantitative estimate of drug-likeness (QED) is 0.907. The minimum absolute atomic E-state index is 0.0109. The van der Waals surface area contributed by atoms with Crippen LogP contribution in [0.4, 0.5) is 0 Å². The number of nitrogens with zero attached hydrogens (tertiary/aromatic N) is 2. The molecule has 2 rings (SSSR count). The summed E-state index contributed by atoms with van der Waals surface area (Å²) in [5.74, 6) is 0. The van der Waals surface area contributed by atoms with Gasteiger partial charge in [0.1, 0.15) is 4.90 Å². The fourth-order valence-electron chi connectivity index (χ4n) is 1.22. The highest BCUT2D eigenvalue weighted by molar-refractivity contribution is 9.10. The standard InChI is InChI=1S/C9H8BrN3O2S/c10-8-3-1-2-4-9(8)13-6-7(5-12-13)16(11,14)15/h1-6H,(H2,11,14,15). The van der Waals surface area contributed by atoms with Gasteiger partial charge in [-0.05, 0) is 28.1 Å². The summed E-state index contributed by atoms with van der Waals surface area (Å²) in [6, 6.07) is 7.34. The van der Waals surface area contributed by atoms with E-state index in [0.29, 0.717) is 0 Å². The van der Waals surface area contributed by atoms with E-state index in [2.05, 4.69) is 21.0 Å². The first-order valence-electron chi connectivity index (χ1n) is 4.31. The third-order valence-corrected chi connectivity index (χ3v) is 3.53. The average molecular weight is 302 g/mol. The van der Waals surface area contributed by atoms with E-state index in [-0.39, 0.29) is 4.90 Å². The third kappa shape index (κ3) is 2.16. The van der Waals surface area contributed by atoms with Crippen LogP contribution >= 0.6 is 15.9 Å². The van der Waals surface area contributed by atoms with Crippen molar-refractivity contribution in [3.63, 3.8) is 0 Å². The molecule has 2 N–H and O–H groups in total. The Balaban J connectivity index is 2.52. The fourth-order valence-corrected chi connectivity index (χ4v) is 2.13. The molecule has 16 heavy (non-hydrogen) atoms. The van der Waals surface area contributed by atoms with Crippen LogP contribution in [0, 0.1) is 0 Å². The van der Waals surface area contributed by atoms with Crippen LogP contribution in [0.5, 0.6) is 0 Å². The molecule has 84 valence electrons. The van der Waals surface area contributed by atoms with Crippen LogP contribution in [0.3, 0.4) is 0 Å². The molecule has 0 aliphatic heterocycles. The highest BCUT2D eigenvalue weighted by Crippen LogP contribution is 2.20. The predicted octanol–water partition coefficient (Wildman–Crippen LogP) is 1.28. The van der Waals surface area contributed by atoms with Gasteiger partial charge in [0.25, 0.3) is 0 Å². The molecule has 0 bridgehead atoms. The van der Waals surface area contributed by atoms with Gasteiger partial charge in [0.05, 0.1) is 18.1 Å². The van der Waals surface area contributed by atoms with Crippen molar-refractivity contribution >= 4 is 26.0 Å². The first-order valence-corrected chi connectivity index (χ1v) is 6.65. The number of primary sulfonamides is 1. The summed E-state index contributed by atoms with van der Waals surface area (Å²) in [6.07, 6.45) is 2.59. The van der Waals surface area contributed by atoms with Gasteiger partial charge in [-0.3, -0.25) is 0 Å². The molecule has 0 aliphatic rings. The second-order valence-corrected chi connectivity index (χ2v) is 5.53. The van der Waals surface area contributed by atoms with Crippen molar-refractivity contribution in [1.29, 1.82) is 0 Å². The minimum Gasteiger partial charge on any atom is -0.238 e. The molecule has 0 radical (unpaired) electrons. The number of halogens is 1. The van der Waals surface area contributed by atoms with Crippen molar-refractivity contribution in [2.24, 2.45) is 5.14 Å². The number of rotatable bonds is 2. The second-order valence-electron chi connectivity index (χ2n) is 3.12. The molecule has 1 aromatic carbocycles. The van der Waals surface area contributed by atoms with Gasteiger partial charge in [0.15, 0.2) is 0 Å². The van der Waals surface area contributed by atoms with Crippen molar-refractivity contribution in [3.05, 3.63) is 41.1 Å². The molecule has 2 aromatic rings. The lowest BCUT2D eigenvalue weighted by Crippen LogP contribution is -2.11. The molecule has 0 amide bonds. The number of para-hydroxylation sites is 1. The second kappa shape index (κ2) is 4.00. The number of benzene rings is 1. The summed E-state index contributed by atoms with van der Waals surface area (Å²) in [7, 11) is -3.70. The van der Waals surface area contributed by atoms with Crippen molar-refractivity contribution in [2.45, 2.75) is 4.90 Å². The van der Waals surface area contributed by atoms with Crippen molar-refractivity contribution in [2.75, 3.05) is 0 Å². The zero-order valence-electron chi connectivity index (χ0n) is 8.04. The largest absolute Gasteiger partial charge is 0.241 e. The van der Waals surface area contributed by atoms with E-state index in [1.165, 1.54) is 17.1 Å². The Hall–Kier alpha value is -1.18. The number of hydrogen-bond acceptors (Lipinski definition) is 3. The van der Waals surface area contributed by atoms with Crippen LogP contribution in [0.2, 0.25) is 0 Å². The first kappa shape index (κ1) is 11.3. The Kier molecular flexibility index (Phi) is 2.83. The molecular weight excluding hydrogens is 294 g/mol. The van der Waals surface area contributed by atoms with Crippen molar-refractivity contribution in [3.8, 4) is 5.69 Å². The summed E-state index contributed by atoms with van der Waals surface area (Å²) in [5.41, 5.74) is 0.748. The lowest BCUT2D eigenvalue weighted by Gasteiger charge is -2.02.